The number of carbonyl (C=O) groups is 3. The lowest BCUT2D eigenvalue weighted by molar-refractivity contribution is -0.156. The highest BCUT2D eigenvalue weighted by Crippen LogP contribution is 2.41. The van der Waals surface area contributed by atoms with Crippen LogP contribution in [0.25, 0.3) is 0 Å². The van der Waals surface area contributed by atoms with Gasteiger partial charge in [0.05, 0.1) is 0 Å². The second-order valence-corrected chi connectivity index (χ2v) is 10.3. The molecule has 37 heavy (non-hydrogen) atoms. The molecule has 2 unspecified atom stereocenters. The van der Waals surface area contributed by atoms with Crippen LogP contribution in [0.15, 0.2) is 33.6 Å². The van der Waals surface area contributed by atoms with Crippen molar-refractivity contribution in [2.24, 2.45) is 10.9 Å². The number of alkyl halides is 3. The van der Waals surface area contributed by atoms with Crippen LogP contribution in [0.2, 0.25) is 0 Å². The summed E-state index contributed by atoms with van der Waals surface area (Å²) >= 11 is 2.36. The Hall–Kier alpha value is -3.31. The quantitative estimate of drug-likeness (QED) is 0.161. The Kier molecular flexibility index (Phi) is 7.38. The van der Waals surface area contributed by atoms with Crippen molar-refractivity contribution in [3.63, 3.8) is 0 Å². The number of allylic oxidation sites excluding steroid dienone is 1. The highest BCUT2D eigenvalue weighted by atomic mass is 32.2. The molecule has 6 N–H and O–H groups in total. The van der Waals surface area contributed by atoms with Gasteiger partial charge < -0.3 is 36.5 Å². The minimum absolute atomic E-state index is 0.0462. The van der Waals surface area contributed by atoms with E-state index in [1.807, 2.05) is 0 Å². The number of rotatable bonds is 6. The maximum atomic E-state index is 12.9. The molecule has 0 spiro atoms. The van der Waals surface area contributed by atoms with Crippen molar-refractivity contribution in [2.75, 3.05) is 24.6 Å². The van der Waals surface area contributed by atoms with E-state index in [0.717, 1.165) is 23.2 Å². The molecule has 1 aromatic heterocycles. The molecule has 4 rings (SSSR count). The molecule has 2 saturated heterocycles. The number of likely N-dealkylation sites (tertiary alicyclic amines) is 1. The molecule has 0 radical (unpaired) electrons. The number of nitrogens with two attached hydrogens (primary N) is 2. The Morgan fingerprint density at radius 1 is 1.41 bits per heavy atom. The summed E-state index contributed by atoms with van der Waals surface area (Å²) in [7, 11) is 0. The number of anilines is 1. The summed E-state index contributed by atoms with van der Waals surface area (Å²) < 4.78 is 38.0. The Bertz CT molecular complexity index is 1220. The number of thiazole rings is 1. The van der Waals surface area contributed by atoms with Gasteiger partial charge in [0.1, 0.15) is 29.5 Å². The molecule has 0 saturated carbocycles. The van der Waals surface area contributed by atoms with Crippen LogP contribution in [0.4, 0.5) is 18.3 Å². The van der Waals surface area contributed by atoms with Gasteiger partial charge in [-0.2, -0.15) is 13.2 Å². The van der Waals surface area contributed by atoms with E-state index in [0.29, 0.717) is 11.3 Å². The summed E-state index contributed by atoms with van der Waals surface area (Å²) in [4.78, 5) is 47.2. The van der Waals surface area contributed by atoms with Gasteiger partial charge in [-0.3, -0.25) is 9.59 Å². The number of fused-ring (bicyclic) bond motifs is 1. The summed E-state index contributed by atoms with van der Waals surface area (Å²) in [6.07, 6.45) is -4.13. The average Bonchev–Trinajstić information content (AvgIpc) is 3.38. The van der Waals surface area contributed by atoms with Crippen molar-refractivity contribution < 1.29 is 37.5 Å². The van der Waals surface area contributed by atoms with Gasteiger partial charge in [0, 0.05) is 35.7 Å². The molecule has 2 fully saturated rings. The van der Waals surface area contributed by atoms with Crippen LogP contribution in [0.3, 0.4) is 0 Å². The summed E-state index contributed by atoms with van der Waals surface area (Å²) in [5.74, 6) is -1.79. The van der Waals surface area contributed by atoms with E-state index < -0.39 is 48.1 Å². The molecule has 17 heteroatoms. The summed E-state index contributed by atoms with van der Waals surface area (Å²) in [5, 5.41) is 18.0. The number of halogens is 3. The summed E-state index contributed by atoms with van der Waals surface area (Å²) in [6, 6.07) is -0.792. The molecule has 3 aliphatic rings. The highest BCUT2D eigenvalue weighted by Gasteiger charge is 2.52. The first kappa shape index (κ1) is 26.7. The fourth-order valence-electron chi connectivity index (χ4n) is 3.99. The number of hydrogen-bond acceptors (Lipinski definition) is 12. The lowest BCUT2D eigenvalue weighted by Gasteiger charge is -2.55. The van der Waals surface area contributed by atoms with E-state index in [9.17, 15) is 32.7 Å². The number of carbonyl (C=O) groups excluding carboxylic acids is 3. The second-order valence-electron chi connectivity index (χ2n) is 8.29. The maximum absolute atomic E-state index is 12.9. The lowest BCUT2D eigenvalue weighted by Crippen LogP contribution is -2.73. The van der Waals surface area contributed by atoms with Gasteiger partial charge in [0.25, 0.3) is 5.91 Å². The van der Waals surface area contributed by atoms with Crippen LogP contribution in [-0.4, -0.2) is 86.0 Å². The molecule has 0 aliphatic carbocycles. The Morgan fingerprint density at radius 2 is 2.14 bits per heavy atom. The van der Waals surface area contributed by atoms with Crippen LogP contribution in [0.1, 0.15) is 19.0 Å². The first-order valence-electron chi connectivity index (χ1n) is 10.8. The van der Waals surface area contributed by atoms with Gasteiger partial charge in [-0.05, 0) is 12.5 Å². The molecule has 3 atom stereocenters. The number of aliphatic hydroxyl groups excluding tert-OH is 1. The number of aromatic nitrogens is 1. The highest BCUT2D eigenvalue weighted by molar-refractivity contribution is 8.00. The number of aliphatic hydroxyl groups is 1. The van der Waals surface area contributed by atoms with Crippen LogP contribution in [0.5, 0.6) is 0 Å². The van der Waals surface area contributed by atoms with Gasteiger partial charge in [-0.1, -0.05) is 5.16 Å². The van der Waals surface area contributed by atoms with Crippen LogP contribution in [-0.2, 0) is 19.2 Å². The zero-order valence-electron chi connectivity index (χ0n) is 19.2. The average molecular weight is 562 g/mol. The van der Waals surface area contributed by atoms with Crippen LogP contribution < -0.4 is 16.8 Å². The topological polar surface area (TPSA) is 176 Å². The predicted octanol–water partition coefficient (Wildman–Crippen LogP) is 0.0755. The number of nitrogens with one attached hydrogen (secondary N) is 1. The molecule has 0 aromatic carbocycles. The second kappa shape index (κ2) is 10.2. The molecule has 3 aliphatic heterocycles. The van der Waals surface area contributed by atoms with E-state index in [1.54, 1.807) is 0 Å². The van der Waals surface area contributed by atoms with Crippen molar-refractivity contribution >= 4 is 51.7 Å². The summed E-state index contributed by atoms with van der Waals surface area (Å²) in [6.45, 7) is -0.262. The standard InChI is InChI=1S/C20H22F3N7O5S2/c1-8(31)35-28-12(11-6-37-19(25)26-11)15(32)27-13-17(34)30-14(24)10(5-36-18(13)30)4-9-2-3-29(16(9)33)7-20(21,22)23/h4,6,13,17-18,34H,2-3,5,7,24H2,1H3,(H2,25,26)(H,27,32)/b9-4+,28-12-/t13?,17?,18-/m1/s1. The smallest absolute Gasteiger partial charge is 0.385 e. The third-order valence-electron chi connectivity index (χ3n) is 5.68. The monoisotopic (exact) mass is 561 g/mol. The van der Waals surface area contributed by atoms with Gasteiger partial charge >= 0.3 is 12.1 Å². The molecule has 0 bridgehead atoms. The number of oxime groups is 1. The zero-order valence-corrected chi connectivity index (χ0v) is 20.8. The van der Waals surface area contributed by atoms with Gasteiger partial charge in [-0.15, -0.1) is 23.1 Å². The molecule has 2 amide bonds. The van der Waals surface area contributed by atoms with Crippen LogP contribution >= 0.6 is 23.1 Å². The minimum Gasteiger partial charge on any atom is -0.385 e. The minimum atomic E-state index is -4.49. The van der Waals surface area contributed by atoms with Crippen molar-refractivity contribution in [1.82, 2.24) is 20.1 Å². The fourth-order valence-corrected chi connectivity index (χ4v) is 5.94. The molecular formula is C20H22F3N7O5S2. The predicted molar refractivity (Wildman–Crippen MR) is 127 cm³/mol. The maximum Gasteiger partial charge on any atom is 0.406 e. The molecule has 12 nitrogen and oxygen atoms in total. The Labute approximate surface area is 216 Å². The number of nitrogens with zero attached hydrogens (tertiary/aromatic N) is 4. The Morgan fingerprint density at radius 3 is 2.76 bits per heavy atom. The first-order chi connectivity index (χ1) is 17.4. The van der Waals surface area contributed by atoms with Gasteiger partial charge in [-0.25, -0.2) is 9.78 Å². The molecule has 1 aromatic rings. The molecule has 200 valence electrons. The van der Waals surface area contributed by atoms with Gasteiger partial charge in [0.2, 0.25) is 5.91 Å². The number of thioether (sulfide) groups is 1. The molecular weight excluding hydrogens is 539 g/mol. The third-order valence-corrected chi connectivity index (χ3v) is 7.69. The van der Waals surface area contributed by atoms with Crippen molar-refractivity contribution in [3.05, 3.63) is 34.1 Å². The lowest BCUT2D eigenvalue weighted by atomic mass is 10.0. The van der Waals surface area contributed by atoms with E-state index in [2.05, 4.69) is 20.3 Å². The number of hydrogen-bond donors (Lipinski definition) is 4. The summed E-state index contributed by atoms with van der Waals surface area (Å²) in [5.41, 5.74) is 12.3. The number of nitrogen functional groups attached to an aromatic ring is 1. The molecule has 4 heterocycles. The first-order valence-corrected chi connectivity index (χ1v) is 12.7. The zero-order chi connectivity index (χ0) is 27.1. The van der Waals surface area contributed by atoms with Crippen molar-refractivity contribution in [2.45, 2.75) is 37.2 Å². The van der Waals surface area contributed by atoms with Crippen molar-refractivity contribution in [1.29, 1.82) is 0 Å². The fraction of sp³-hybridized carbons (Fsp3) is 0.450. The number of amides is 2. The Balaban J connectivity index is 1.46. The van der Waals surface area contributed by atoms with E-state index >= 15 is 0 Å². The SMILES string of the molecule is CC(=O)O/N=C(\C(=O)NC1C(O)N2C(N)=C(/C=C3\CCN(CC(F)(F)F)C3=O)CS[C@H]12)c1csc(N)n1. The largest absolute Gasteiger partial charge is 0.406 e. The van der Waals surface area contributed by atoms with E-state index in [-0.39, 0.29) is 40.9 Å². The van der Waals surface area contributed by atoms with E-state index in [4.69, 9.17) is 11.5 Å². The van der Waals surface area contributed by atoms with Gasteiger partial charge in [0.15, 0.2) is 17.1 Å². The van der Waals surface area contributed by atoms with Crippen molar-refractivity contribution in [3.8, 4) is 0 Å². The normalized spacial score (nSPS) is 25.3. The van der Waals surface area contributed by atoms with E-state index in [1.165, 1.54) is 28.1 Å². The van der Waals surface area contributed by atoms with Crippen LogP contribution in [0, 0.1) is 0 Å². The third kappa shape index (κ3) is 5.67.